The Labute approximate surface area is 106 Å². The third-order valence-electron chi connectivity index (χ3n) is 3.38. The first-order valence-electron chi connectivity index (χ1n) is 6.23. The number of aromatic nitrogens is 2. The molecule has 0 aliphatic heterocycles. The predicted molar refractivity (Wildman–Crippen MR) is 70.9 cm³/mol. The molecule has 1 atom stereocenters. The molecule has 1 aromatic heterocycles. The Morgan fingerprint density at radius 3 is 2.83 bits per heavy atom. The lowest BCUT2D eigenvalue weighted by atomic mass is 10.1. The molecule has 1 heterocycles. The molecule has 0 amide bonds. The van der Waals surface area contributed by atoms with Crippen LogP contribution in [0.25, 0.3) is 11.0 Å². The van der Waals surface area contributed by atoms with E-state index >= 15 is 0 Å². The Bertz CT molecular complexity index is 587. The van der Waals surface area contributed by atoms with Crippen molar-refractivity contribution in [2.24, 2.45) is 5.92 Å². The van der Waals surface area contributed by atoms with Crippen molar-refractivity contribution in [1.82, 2.24) is 9.55 Å². The Morgan fingerprint density at radius 1 is 1.50 bits per heavy atom. The first kappa shape index (κ1) is 12.6. The van der Waals surface area contributed by atoms with E-state index in [1.165, 1.54) is 0 Å². The number of fused-ring (bicyclic) bond motifs is 1. The van der Waals surface area contributed by atoms with Crippen LogP contribution in [0.4, 0.5) is 0 Å². The molecule has 2 rings (SSSR count). The Kier molecular flexibility index (Phi) is 3.36. The molecule has 4 heteroatoms. The van der Waals surface area contributed by atoms with E-state index in [0.717, 1.165) is 29.8 Å². The maximum absolute atomic E-state index is 11.0. The van der Waals surface area contributed by atoms with Crippen molar-refractivity contribution in [2.75, 3.05) is 0 Å². The molecular formula is C14H18N2O2. The van der Waals surface area contributed by atoms with Crippen molar-refractivity contribution in [1.29, 1.82) is 0 Å². The highest BCUT2D eigenvalue weighted by atomic mass is 16.4. The van der Waals surface area contributed by atoms with Gasteiger partial charge in [-0.2, -0.15) is 0 Å². The highest BCUT2D eigenvalue weighted by Crippen LogP contribution is 2.20. The van der Waals surface area contributed by atoms with E-state index in [-0.39, 0.29) is 0 Å². The minimum Gasteiger partial charge on any atom is -0.478 e. The summed E-state index contributed by atoms with van der Waals surface area (Å²) in [5.74, 6) is 0.591. The number of imidazole rings is 1. The Balaban J connectivity index is 2.53. The second kappa shape index (κ2) is 4.80. The number of carboxylic acid groups (broad SMARTS) is 1. The van der Waals surface area contributed by atoms with E-state index in [1.54, 1.807) is 18.2 Å². The summed E-state index contributed by atoms with van der Waals surface area (Å²) in [4.78, 5) is 15.5. The van der Waals surface area contributed by atoms with Gasteiger partial charge in [-0.3, -0.25) is 0 Å². The number of carboxylic acids is 1. The molecule has 0 fully saturated rings. The molecule has 1 aromatic carbocycles. The summed E-state index contributed by atoms with van der Waals surface area (Å²) in [5.41, 5.74) is 2.08. The molecule has 0 aliphatic rings. The fraction of sp³-hybridized carbons (Fsp3) is 0.429. The highest BCUT2D eigenvalue weighted by Gasteiger charge is 2.12. The third kappa shape index (κ3) is 2.23. The summed E-state index contributed by atoms with van der Waals surface area (Å²) in [6.07, 6.45) is 1.09. The zero-order chi connectivity index (χ0) is 13.3. The van der Waals surface area contributed by atoms with Crippen LogP contribution in [-0.2, 0) is 6.54 Å². The van der Waals surface area contributed by atoms with Crippen molar-refractivity contribution < 1.29 is 9.90 Å². The van der Waals surface area contributed by atoms with E-state index in [9.17, 15) is 4.79 Å². The van der Waals surface area contributed by atoms with Gasteiger partial charge in [-0.1, -0.05) is 20.3 Å². The second-order valence-electron chi connectivity index (χ2n) is 4.79. The lowest BCUT2D eigenvalue weighted by Crippen LogP contribution is -2.08. The second-order valence-corrected chi connectivity index (χ2v) is 4.79. The normalized spacial score (nSPS) is 12.8. The molecule has 4 nitrogen and oxygen atoms in total. The highest BCUT2D eigenvalue weighted by molar-refractivity contribution is 5.92. The van der Waals surface area contributed by atoms with Crippen LogP contribution in [0.2, 0.25) is 0 Å². The number of hydrogen-bond acceptors (Lipinski definition) is 2. The number of aryl methyl sites for hydroxylation is 1. The summed E-state index contributed by atoms with van der Waals surface area (Å²) in [7, 11) is 0. The molecule has 1 N–H and O–H groups in total. The van der Waals surface area contributed by atoms with Gasteiger partial charge in [-0.15, -0.1) is 0 Å². The van der Waals surface area contributed by atoms with Gasteiger partial charge in [0.25, 0.3) is 0 Å². The van der Waals surface area contributed by atoms with Crippen molar-refractivity contribution in [3.63, 3.8) is 0 Å². The quantitative estimate of drug-likeness (QED) is 0.901. The van der Waals surface area contributed by atoms with Crippen LogP contribution in [0, 0.1) is 12.8 Å². The Hall–Kier alpha value is -1.84. The predicted octanol–water partition coefficient (Wildman–Crippen LogP) is 3.09. The van der Waals surface area contributed by atoms with Crippen molar-refractivity contribution in [2.45, 2.75) is 33.7 Å². The van der Waals surface area contributed by atoms with Crippen LogP contribution in [0.1, 0.15) is 36.5 Å². The van der Waals surface area contributed by atoms with Crippen LogP contribution < -0.4 is 0 Å². The number of aromatic carboxylic acids is 1. The van der Waals surface area contributed by atoms with Crippen molar-refractivity contribution in [3.05, 3.63) is 29.6 Å². The molecule has 1 unspecified atom stereocenters. The van der Waals surface area contributed by atoms with E-state index in [2.05, 4.69) is 23.4 Å². The van der Waals surface area contributed by atoms with Gasteiger partial charge < -0.3 is 9.67 Å². The molecule has 0 saturated carbocycles. The molecule has 2 aromatic rings. The maximum Gasteiger partial charge on any atom is 0.335 e. The summed E-state index contributed by atoms with van der Waals surface area (Å²) >= 11 is 0. The fourth-order valence-electron chi connectivity index (χ4n) is 2.05. The van der Waals surface area contributed by atoms with Crippen LogP contribution in [-0.4, -0.2) is 20.6 Å². The number of rotatable bonds is 4. The molecule has 0 radical (unpaired) electrons. The molecule has 0 spiro atoms. The average molecular weight is 246 g/mol. The molecular weight excluding hydrogens is 228 g/mol. The van der Waals surface area contributed by atoms with E-state index in [1.807, 2.05) is 6.92 Å². The van der Waals surface area contributed by atoms with Crippen molar-refractivity contribution in [3.8, 4) is 0 Å². The number of nitrogens with zero attached hydrogens (tertiary/aromatic N) is 2. The van der Waals surface area contributed by atoms with Crippen molar-refractivity contribution >= 4 is 17.0 Å². The molecule has 0 saturated heterocycles. The van der Waals surface area contributed by atoms with Gasteiger partial charge in [0.05, 0.1) is 16.6 Å². The Morgan fingerprint density at radius 2 is 2.22 bits per heavy atom. The summed E-state index contributed by atoms with van der Waals surface area (Å²) in [6, 6.07) is 5.09. The van der Waals surface area contributed by atoms with Gasteiger partial charge in [0.1, 0.15) is 5.82 Å². The summed E-state index contributed by atoms with van der Waals surface area (Å²) in [5, 5.41) is 9.04. The molecule has 0 aliphatic carbocycles. The van der Waals surface area contributed by atoms with E-state index < -0.39 is 5.97 Å². The number of benzene rings is 1. The SMILES string of the molecule is CCC(C)Cn1c(C)nc2ccc(C(=O)O)cc21. The van der Waals surface area contributed by atoms with E-state index in [4.69, 9.17) is 5.11 Å². The van der Waals surface area contributed by atoms with E-state index in [0.29, 0.717) is 11.5 Å². The standard InChI is InChI=1S/C14H18N2O2/c1-4-9(2)8-16-10(3)15-12-6-5-11(14(17)18)7-13(12)16/h5-7,9H,4,8H2,1-3H3,(H,17,18). The van der Waals surface area contributed by atoms with Gasteiger partial charge in [0.15, 0.2) is 0 Å². The van der Waals surface area contributed by atoms with Gasteiger partial charge >= 0.3 is 5.97 Å². The zero-order valence-corrected chi connectivity index (χ0v) is 11.0. The smallest absolute Gasteiger partial charge is 0.335 e. The average Bonchev–Trinajstić information content (AvgIpc) is 2.65. The lowest BCUT2D eigenvalue weighted by Gasteiger charge is -2.12. The number of hydrogen-bond donors (Lipinski definition) is 1. The maximum atomic E-state index is 11.0. The monoisotopic (exact) mass is 246 g/mol. The van der Waals surface area contributed by atoms with Gasteiger partial charge in [0.2, 0.25) is 0 Å². The van der Waals surface area contributed by atoms with Crippen LogP contribution in [0.15, 0.2) is 18.2 Å². The topological polar surface area (TPSA) is 55.1 Å². The lowest BCUT2D eigenvalue weighted by molar-refractivity contribution is 0.0697. The van der Waals surface area contributed by atoms with Crippen LogP contribution in [0.3, 0.4) is 0 Å². The van der Waals surface area contributed by atoms with Gasteiger partial charge in [-0.05, 0) is 31.0 Å². The van der Waals surface area contributed by atoms with Gasteiger partial charge in [-0.25, -0.2) is 9.78 Å². The third-order valence-corrected chi connectivity index (χ3v) is 3.38. The molecule has 0 bridgehead atoms. The summed E-state index contributed by atoms with van der Waals surface area (Å²) in [6.45, 7) is 7.18. The first-order valence-corrected chi connectivity index (χ1v) is 6.23. The first-order chi connectivity index (χ1) is 8.52. The van der Waals surface area contributed by atoms with Crippen LogP contribution >= 0.6 is 0 Å². The minimum atomic E-state index is -0.897. The fourth-order valence-corrected chi connectivity index (χ4v) is 2.05. The minimum absolute atomic E-state index is 0.313. The zero-order valence-electron chi connectivity index (χ0n) is 11.0. The number of carbonyl (C=O) groups is 1. The van der Waals surface area contributed by atoms with Gasteiger partial charge in [0, 0.05) is 6.54 Å². The van der Waals surface area contributed by atoms with Crippen LogP contribution in [0.5, 0.6) is 0 Å². The molecule has 96 valence electrons. The summed E-state index contributed by atoms with van der Waals surface area (Å²) < 4.78 is 2.11. The molecule has 18 heavy (non-hydrogen) atoms. The largest absolute Gasteiger partial charge is 0.478 e.